The lowest BCUT2D eigenvalue weighted by Gasteiger charge is -2.25. The number of hydrogen-bond acceptors (Lipinski definition) is 10. The minimum atomic E-state index is -4.63. The summed E-state index contributed by atoms with van der Waals surface area (Å²) in [4.78, 5) is 38.2. The van der Waals surface area contributed by atoms with E-state index in [4.69, 9.17) is 9.47 Å². The van der Waals surface area contributed by atoms with E-state index in [1.165, 1.54) is 0 Å². The summed E-state index contributed by atoms with van der Waals surface area (Å²) in [6.07, 6.45) is -0.692. The van der Waals surface area contributed by atoms with Gasteiger partial charge in [0.1, 0.15) is 11.8 Å². The molecule has 4 N–H and O–H groups in total. The highest BCUT2D eigenvalue weighted by Gasteiger charge is 2.29. The van der Waals surface area contributed by atoms with Crippen LogP contribution in [0.25, 0.3) is 0 Å². The normalized spacial score (nSPS) is 11.9. The number of amides is 2. The van der Waals surface area contributed by atoms with Gasteiger partial charge >= 0.3 is 5.97 Å². The number of nitrogens with zero attached hydrogens (tertiary/aromatic N) is 1. The maximum atomic E-state index is 13.6. The number of carbonyl (C=O) groups is 3. The zero-order valence-corrected chi connectivity index (χ0v) is 24.8. The van der Waals surface area contributed by atoms with Gasteiger partial charge in [-0.05, 0) is 13.8 Å². The van der Waals surface area contributed by atoms with Crippen LogP contribution < -0.4 is 20.7 Å². The lowest BCUT2D eigenvalue weighted by molar-refractivity contribution is -0.136. The summed E-state index contributed by atoms with van der Waals surface area (Å²) < 4.78 is 113. The number of ether oxygens (including phenoxy) is 3. The highest BCUT2D eigenvalue weighted by Crippen LogP contribution is 2.29. The van der Waals surface area contributed by atoms with Gasteiger partial charge in [-0.25, -0.2) is 13.2 Å². The number of rotatable bonds is 21. The molecule has 0 radical (unpaired) electrons. The summed E-state index contributed by atoms with van der Waals surface area (Å²) in [5.41, 5.74) is 0. The van der Waals surface area contributed by atoms with E-state index in [9.17, 15) is 49.3 Å². The van der Waals surface area contributed by atoms with Crippen molar-refractivity contribution in [1.29, 1.82) is 0 Å². The minimum Gasteiger partial charge on any atom is -0.420 e. The van der Waals surface area contributed by atoms with Crippen molar-refractivity contribution in [2.24, 2.45) is 0 Å². The monoisotopic (exact) mass is 662 g/mol. The van der Waals surface area contributed by atoms with Crippen LogP contribution in [0.5, 0.6) is 5.75 Å². The van der Waals surface area contributed by atoms with Crippen molar-refractivity contribution in [1.82, 2.24) is 20.9 Å². The van der Waals surface area contributed by atoms with Crippen LogP contribution in [0.2, 0.25) is 0 Å². The van der Waals surface area contributed by atoms with Gasteiger partial charge in [0.15, 0.2) is 0 Å². The van der Waals surface area contributed by atoms with E-state index in [0.717, 1.165) is 0 Å². The van der Waals surface area contributed by atoms with Gasteiger partial charge in [0, 0.05) is 32.6 Å². The first kappa shape index (κ1) is 38.5. The molecule has 1 atom stereocenters. The molecule has 1 aromatic rings. The molecule has 0 aromatic heterocycles. The number of benzene rings is 1. The molecule has 250 valence electrons. The Bertz CT molecular complexity index is 1240. The van der Waals surface area contributed by atoms with Gasteiger partial charge in [0.25, 0.3) is 10.1 Å². The van der Waals surface area contributed by atoms with Crippen LogP contribution in [-0.4, -0.2) is 100 Å². The Kier molecular flexibility index (Phi) is 16.6. The zero-order valence-electron chi connectivity index (χ0n) is 24.0. The van der Waals surface area contributed by atoms with Crippen molar-refractivity contribution in [2.45, 2.75) is 32.7 Å². The van der Waals surface area contributed by atoms with Crippen molar-refractivity contribution < 1.29 is 63.5 Å². The molecule has 13 nitrogen and oxygen atoms in total. The molecule has 0 spiro atoms. The molecule has 19 heteroatoms. The molecule has 44 heavy (non-hydrogen) atoms. The lowest BCUT2D eigenvalue weighted by atomic mass is 10.2. The summed E-state index contributed by atoms with van der Waals surface area (Å²) in [5.74, 6) is -16.6. The molecular formula is C25H35F5N4O9S. The number of nitrogens with one attached hydrogen (secondary N) is 3. The predicted molar refractivity (Wildman–Crippen MR) is 144 cm³/mol. The van der Waals surface area contributed by atoms with Crippen LogP contribution in [0.4, 0.5) is 22.0 Å². The standard InChI is InChI=1S/C25H35F5N4O9S/c1-4-31-15(3)34(5-2)9-6-17(35)33-16(14-44(38,39)40)25(37)32-8-11-42-13-12-41-10-7-18(36)43-24-22(29)20(27)19(26)21(28)23(24)30/h16,31H,3-14H2,1-2H3,(H,32,37)(H,33,35)(H,38,39,40)/t16-/m0/s1. The van der Waals surface area contributed by atoms with Crippen molar-refractivity contribution >= 4 is 27.9 Å². The molecule has 0 bridgehead atoms. The summed E-state index contributed by atoms with van der Waals surface area (Å²) >= 11 is 0. The molecule has 0 heterocycles. The highest BCUT2D eigenvalue weighted by atomic mass is 32.2. The van der Waals surface area contributed by atoms with Gasteiger partial charge in [-0.1, -0.05) is 6.58 Å². The Labute approximate surface area is 250 Å². The van der Waals surface area contributed by atoms with Gasteiger partial charge in [-0.15, -0.1) is 0 Å². The maximum absolute atomic E-state index is 13.6. The van der Waals surface area contributed by atoms with Crippen molar-refractivity contribution in [3.63, 3.8) is 0 Å². The van der Waals surface area contributed by atoms with Crippen LogP contribution in [0.15, 0.2) is 12.4 Å². The quantitative estimate of drug-likeness (QED) is 0.0281. The largest absolute Gasteiger partial charge is 0.420 e. The molecule has 0 saturated heterocycles. The highest BCUT2D eigenvalue weighted by molar-refractivity contribution is 7.85. The number of halogens is 5. The molecule has 0 aliphatic carbocycles. The molecule has 0 aliphatic rings. The van der Waals surface area contributed by atoms with E-state index in [2.05, 4.69) is 27.3 Å². The minimum absolute atomic E-state index is 0.0696. The second-order valence-electron chi connectivity index (χ2n) is 8.81. The lowest BCUT2D eigenvalue weighted by Crippen LogP contribution is -2.51. The Morgan fingerprint density at radius 2 is 1.45 bits per heavy atom. The molecule has 1 aromatic carbocycles. The zero-order chi connectivity index (χ0) is 33.4. The van der Waals surface area contributed by atoms with E-state index in [1.54, 1.807) is 4.90 Å². The Balaban J connectivity index is 2.38. The summed E-state index contributed by atoms with van der Waals surface area (Å²) in [6, 6.07) is -1.59. The van der Waals surface area contributed by atoms with E-state index in [0.29, 0.717) is 18.9 Å². The Morgan fingerprint density at radius 1 is 0.886 bits per heavy atom. The fraction of sp³-hybridized carbons (Fsp3) is 0.560. The number of esters is 1. The van der Waals surface area contributed by atoms with Gasteiger partial charge in [0.2, 0.25) is 46.6 Å². The van der Waals surface area contributed by atoms with E-state index < -0.39 is 81.0 Å². The Morgan fingerprint density at radius 3 is 2.00 bits per heavy atom. The molecular weight excluding hydrogens is 627 g/mol. The van der Waals surface area contributed by atoms with Gasteiger partial charge in [-0.3, -0.25) is 18.9 Å². The topological polar surface area (TPSA) is 173 Å². The third-order valence-electron chi connectivity index (χ3n) is 5.54. The summed E-state index contributed by atoms with van der Waals surface area (Å²) in [7, 11) is -4.63. The van der Waals surface area contributed by atoms with Crippen LogP contribution in [-0.2, 0) is 34.0 Å². The second kappa shape index (κ2) is 19.0. The maximum Gasteiger partial charge on any atom is 0.313 e. The van der Waals surface area contributed by atoms with Crippen molar-refractivity contribution in [3.8, 4) is 5.75 Å². The van der Waals surface area contributed by atoms with Crippen LogP contribution >= 0.6 is 0 Å². The molecule has 0 unspecified atom stereocenters. The second-order valence-corrected chi connectivity index (χ2v) is 10.3. The van der Waals surface area contributed by atoms with Crippen molar-refractivity contribution in [2.75, 3.05) is 58.4 Å². The van der Waals surface area contributed by atoms with Crippen molar-refractivity contribution in [3.05, 3.63) is 41.5 Å². The first-order valence-electron chi connectivity index (χ1n) is 13.2. The average molecular weight is 663 g/mol. The van der Waals surface area contributed by atoms with E-state index in [-0.39, 0.29) is 45.9 Å². The number of carbonyl (C=O) groups excluding carboxylic acids is 3. The third kappa shape index (κ3) is 13.4. The van der Waals surface area contributed by atoms with Crippen LogP contribution in [0.3, 0.4) is 0 Å². The van der Waals surface area contributed by atoms with Gasteiger partial charge < -0.3 is 35.1 Å². The summed E-state index contributed by atoms with van der Waals surface area (Å²) in [5, 5.41) is 7.64. The SMILES string of the molecule is C=C(NCC)N(CC)CCC(=O)N[C@@H](CS(=O)(=O)O)C(=O)NCCOCCOCCC(=O)Oc1c(F)c(F)c(F)c(F)c1F. The van der Waals surface area contributed by atoms with E-state index >= 15 is 0 Å². The first-order chi connectivity index (χ1) is 20.6. The first-order valence-corrected chi connectivity index (χ1v) is 14.8. The Hall–Kier alpha value is -3.55. The fourth-order valence-electron chi connectivity index (χ4n) is 3.38. The molecule has 1 rings (SSSR count). The van der Waals surface area contributed by atoms with Gasteiger partial charge in [-0.2, -0.15) is 17.2 Å². The van der Waals surface area contributed by atoms with Crippen LogP contribution in [0, 0.1) is 29.1 Å². The molecule has 0 fully saturated rings. The van der Waals surface area contributed by atoms with Gasteiger partial charge in [0.05, 0.1) is 38.7 Å². The summed E-state index contributed by atoms with van der Waals surface area (Å²) in [6.45, 7) is 8.19. The predicted octanol–water partition coefficient (Wildman–Crippen LogP) is 0.992. The van der Waals surface area contributed by atoms with E-state index in [1.807, 2.05) is 13.8 Å². The molecule has 2 amide bonds. The average Bonchev–Trinajstić information content (AvgIpc) is 2.95. The third-order valence-corrected chi connectivity index (χ3v) is 6.29. The van der Waals surface area contributed by atoms with Crippen LogP contribution in [0.1, 0.15) is 26.7 Å². The molecule has 0 aliphatic heterocycles. The smallest absolute Gasteiger partial charge is 0.313 e. The fourth-order valence-corrected chi connectivity index (χ4v) is 4.04. The number of hydrogen-bond donors (Lipinski definition) is 4. The molecule has 0 saturated carbocycles.